The normalized spacial score (nSPS) is 34.5. The van der Waals surface area contributed by atoms with Gasteiger partial charge in [-0.1, -0.05) is 0 Å². The van der Waals surface area contributed by atoms with Gasteiger partial charge in [-0.2, -0.15) is 12.7 Å². The highest BCUT2D eigenvalue weighted by Crippen LogP contribution is 2.24. The molecule has 0 spiro atoms. The molecule has 1 aliphatic rings. The minimum absolute atomic E-state index is 0.0694. The van der Waals surface area contributed by atoms with E-state index in [0.29, 0.717) is 0 Å². The lowest BCUT2D eigenvalue weighted by molar-refractivity contribution is 0.351. The Bertz CT molecular complexity index is 227. The summed E-state index contributed by atoms with van der Waals surface area (Å²) in [6.45, 7) is 3.77. The molecule has 0 aromatic carbocycles. The van der Waals surface area contributed by atoms with Crippen molar-refractivity contribution in [2.45, 2.75) is 38.8 Å². The van der Waals surface area contributed by atoms with Crippen molar-refractivity contribution in [3.05, 3.63) is 0 Å². The molecule has 0 saturated carbocycles. The van der Waals surface area contributed by atoms with Crippen molar-refractivity contribution < 1.29 is 8.42 Å². The minimum atomic E-state index is -3.47. The number of hydrogen-bond donors (Lipinski definition) is 1. The number of hydrogen-bond acceptors (Lipinski definition) is 2. The average Bonchev–Trinajstić information content (AvgIpc) is 2.08. The van der Waals surface area contributed by atoms with E-state index in [4.69, 9.17) is 5.14 Å². The summed E-state index contributed by atoms with van der Waals surface area (Å²) in [6.07, 6.45) is 1.83. The van der Waals surface area contributed by atoms with Gasteiger partial charge >= 0.3 is 0 Å². The molecular formula is C6H14N2O2S. The minimum Gasteiger partial charge on any atom is -0.216 e. The van der Waals surface area contributed by atoms with Crippen molar-refractivity contribution in [3.8, 4) is 0 Å². The van der Waals surface area contributed by atoms with Gasteiger partial charge in [-0.05, 0) is 26.7 Å². The van der Waals surface area contributed by atoms with Crippen molar-refractivity contribution in [2.75, 3.05) is 0 Å². The molecule has 0 amide bonds. The zero-order valence-corrected chi connectivity index (χ0v) is 7.63. The van der Waals surface area contributed by atoms with Gasteiger partial charge in [0.2, 0.25) is 0 Å². The van der Waals surface area contributed by atoms with Crippen LogP contribution in [-0.4, -0.2) is 24.8 Å². The van der Waals surface area contributed by atoms with E-state index < -0.39 is 10.2 Å². The molecule has 2 N–H and O–H groups in total. The first-order valence-electron chi connectivity index (χ1n) is 3.74. The third-order valence-corrected chi connectivity index (χ3v) is 3.47. The molecule has 0 aliphatic carbocycles. The van der Waals surface area contributed by atoms with Crippen LogP contribution in [0.5, 0.6) is 0 Å². The molecule has 4 nitrogen and oxygen atoms in total. The Hall–Kier alpha value is -0.130. The Morgan fingerprint density at radius 1 is 1.27 bits per heavy atom. The lowest BCUT2D eigenvalue weighted by atomic mass is 10.2. The van der Waals surface area contributed by atoms with Gasteiger partial charge in [0.1, 0.15) is 0 Å². The second-order valence-corrected chi connectivity index (χ2v) is 4.60. The Morgan fingerprint density at radius 2 is 1.64 bits per heavy atom. The van der Waals surface area contributed by atoms with Crippen molar-refractivity contribution in [2.24, 2.45) is 5.14 Å². The maximum atomic E-state index is 11.0. The molecular weight excluding hydrogens is 164 g/mol. The van der Waals surface area contributed by atoms with Crippen LogP contribution in [0, 0.1) is 0 Å². The van der Waals surface area contributed by atoms with Gasteiger partial charge in [0.15, 0.2) is 0 Å². The molecule has 2 atom stereocenters. The summed E-state index contributed by atoms with van der Waals surface area (Å²) in [4.78, 5) is 0. The van der Waals surface area contributed by atoms with E-state index in [1.54, 1.807) is 0 Å². The highest BCUT2D eigenvalue weighted by molar-refractivity contribution is 7.86. The highest BCUT2D eigenvalue weighted by Gasteiger charge is 2.34. The number of nitrogens with zero attached hydrogens (tertiary/aromatic N) is 1. The monoisotopic (exact) mass is 178 g/mol. The summed E-state index contributed by atoms with van der Waals surface area (Å²) >= 11 is 0. The molecule has 0 aromatic rings. The first kappa shape index (κ1) is 8.96. The van der Waals surface area contributed by atoms with Crippen molar-refractivity contribution in [3.63, 3.8) is 0 Å². The lowest BCUT2D eigenvalue weighted by Crippen LogP contribution is -2.42. The van der Waals surface area contributed by atoms with Crippen molar-refractivity contribution in [1.29, 1.82) is 0 Å². The third kappa shape index (κ3) is 1.72. The highest BCUT2D eigenvalue weighted by atomic mass is 32.2. The summed E-state index contributed by atoms with van der Waals surface area (Å²) in [5, 5.41) is 5.02. The molecule has 0 radical (unpaired) electrons. The van der Waals surface area contributed by atoms with Gasteiger partial charge in [-0.3, -0.25) is 0 Å². The summed E-state index contributed by atoms with van der Waals surface area (Å²) in [6, 6.07) is 0.139. The Labute approximate surface area is 67.6 Å². The van der Waals surface area contributed by atoms with E-state index in [-0.39, 0.29) is 12.1 Å². The molecule has 5 heteroatoms. The number of rotatable bonds is 1. The fraction of sp³-hybridized carbons (Fsp3) is 1.00. The van der Waals surface area contributed by atoms with Crippen LogP contribution in [0.25, 0.3) is 0 Å². The van der Waals surface area contributed by atoms with Gasteiger partial charge in [0.05, 0.1) is 0 Å². The molecule has 66 valence electrons. The number of nitrogens with two attached hydrogens (primary N) is 1. The SMILES string of the molecule is CC1CCC(C)N1S(N)(=O)=O. The summed E-state index contributed by atoms with van der Waals surface area (Å²) in [7, 11) is -3.47. The van der Waals surface area contributed by atoms with Gasteiger partial charge in [0, 0.05) is 12.1 Å². The molecule has 2 unspecified atom stereocenters. The van der Waals surface area contributed by atoms with E-state index in [1.807, 2.05) is 13.8 Å². The lowest BCUT2D eigenvalue weighted by Gasteiger charge is -2.22. The van der Waals surface area contributed by atoms with Crippen molar-refractivity contribution >= 4 is 10.2 Å². The third-order valence-electron chi connectivity index (χ3n) is 2.16. The van der Waals surface area contributed by atoms with E-state index in [1.165, 1.54) is 4.31 Å². The summed E-state index contributed by atoms with van der Waals surface area (Å²) in [5.74, 6) is 0. The predicted molar refractivity (Wildman–Crippen MR) is 43.1 cm³/mol. The fourth-order valence-electron chi connectivity index (χ4n) is 1.67. The first-order chi connectivity index (χ1) is 4.93. The van der Waals surface area contributed by atoms with E-state index in [9.17, 15) is 8.42 Å². The molecule has 0 aromatic heterocycles. The fourth-order valence-corrected chi connectivity index (χ4v) is 2.89. The average molecular weight is 178 g/mol. The van der Waals surface area contributed by atoms with Crippen LogP contribution in [0.2, 0.25) is 0 Å². The van der Waals surface area contributed by atoms with Crippen LogP contribution in [0.15, 0.2) is 0 Å². The Balaban J connectivity index is 2.86. The van der Waals surface area contributed by atoms with Crippen LogP contribution < -0.4 is 5.14 Å². The first-order valence-corrected chi connectivity index (χ1v) is 5.24. The molecule has 1 aliphatic heterocycles. The van der Waals surface area contributed by atoms with Crippen LogP contribution in [-0.2, 0) is 10.2 Å². The standard InChI is InChI=1S/C6H14N2O2S/c1-5-3-4-6(2)8(5)11(7,9)10/h5-6H,3-4H2,1-2H3,(H2,7,9,10). The van der Waals surface area contributed by atoms with E-state index in [0.717, 1.165) is 12.8 Å². The molecule has 1 fully saturated rings. The maximum Gasteiger partial charge on any atom is 0.277 e. The zero-order chi connectivity index (χ0) is 8.65. The van der Waals surface area contributed by atoms with Gasteiger partial charge in [-0.15, -0.1) is 0 Å². The molecule has 0 bridgehead atoms. The molecule has 11 heavy (non-hydrogen) atoms. The van der Waals surface area contributed by atoms with Crippen LogP contribution >= 0.6 is 0 Å². The van der Waals surface area contributed by atoms with Gasteiger partial charge in [0.25, 0.3) is 10.2 Å². The smallest absolute Gasteiger partial charge is 0.216 e. The summed E-state index contributed by atoms with van der Waals surface area (Å²) in [5.41, 5.74) is 0. The Morgan fingerprint density at radius 3 is 1.82 bits per heavy atom. The quantitative estimate of drug-likeness (QED) is 0.617. The van der Waals surface area contributed by atoms with E-state index in [2.05, 4.69) is 0 Å². The predicted octanol–water partition coefficient (Wildman–Crippen LogP) is 0.0627. The zero-order valence-electron chi connectivity index (χ0n) is 6.82. The van der Waals surface area contributed by atoms with Crippen LogP contribution in [0.3, 0.4) is 0 Å². The second-order valence-electron chi connectivity index (χ2n) is 3.15. The van der Waals surface area contributed by atoms with Crippen molar-refractivity contribution in [1.82, 2.24) is 4.31 Å². The molecule has 1 saturated heterocycles. The summed E-state index contributed by atoms with van der Waals surface area (Å²) < 4.78 is 23.3. The topological polar surface area (TPSA) is 63.4 Å². The largest absolute Gasteiger partial charge is 0.277 e. The van der Waals surface area contributed by atoms with Crippen LogP contribution in [0.4, 0.5) is 0 Å². The second kappa shape index (κ2) is 2.73. The Kier molecular flexibility index (Phi) is 2.22. The van der Waals surface area contributed by atoms with Gasteiger partial charge < -0.3 is 0 Å². The van der Waals surface area contributed by atoms with Gasteiger partial charge in [-0.25, -0.2) is 5.14 Å². The molecule has 1 heterocycles. The molecule has 1 rings (SSSR count). The maximum absolute atomic E-state index is 11.0. The van der Waals surface area contributed by atoms with Crippen LogP contribution in [0.1, 0.15) is 26.7 Å². The van der Waals surface area contributed by atoms with E-state index >= 15 is 0 Å².